The van der Waals surface area contributed by atoms with Gasteiger partial charge in [-0.25, -0.2) is 0 Å². The van der Waals surface area contributed by atoms with Crippen molar-refractivity contribution in [1.29, 1.82) is 0 Å². The molecule has 0 atom stereocenters. The molecule has 0 radical (unpaired) electrons. The van der Waals surface area contributed by atoms with Crippen LogP contribution in [0.3, 0.4) is 0 Å². The number of rotatable bonds is 2. The van der Waals surface area contributed by atoms with E-state index in [4.69, 9.17) is 0 Å². The highest BCUT2D eigenvalue weighted by atomic mass is 28.3. The molecule has 1 rings (SSSR count). The van der Waals surface area contributed by atoms with E-state index in [1.54, 1.807) is 0 Å². The smallest absolute Gasteiger partial charge is 0.146 e. The Bertz CT molecular complexity index is 230. The number of allylic oxidation sites excluding steroid dienone is 4. The van der Waals surface area contributed by atoms with Crippen LogP contribution in [0.5, 0.6) is 0 Å². The Morgan fingerprint density at radius 1 is 1.45 bits per heavy atom. The molecule has 1 aliphatic carbocycles. The fourth-order valence-electron chi connectivity index (χ4n) is 1.36. The van der Waals surface area contributed by atoms with Gasteiger partial charge in [0.05, 0.1) is 8.07 Å². The first-order chi connectivity index (χ1) is 5.05. The molecule has 0 saturated heterocycles. The molecule has 0 fully saturated rings. The molecule has 0 aliphatic heterocycles. The van der Waals surface area contributed by atoms with Gasteiger partial charge in [0.1, 0.15) is 6.29 Å². The summed E-state index contributed by atoms with van der Waals surface area (Å²) in [4.78, 5) is 10.6. The third-order valence-electron chi connectivity index (χ3n) is 1.92. The van der Waals surface area contributed by atoms with Crippen LogP contribution in [0.15, 0.2) is 22.9 Å². The Morgan fingerprint density at radius 3 is 2.45 bits per heavy atom. The monoisotopic (exact) mass is 166 g/mol. The maximum Gasteiger partial charge on any atom is 0.146 e. The van der Waals surface area contributed by atoms with E-state index in [0.717, 1.165) is 18.3 Å². The van der Waals surface area contributed by atoms with Crippen molar-refractivity contribution in [2.24, 2.45) is 0 Å². The fraction of sp³-hybridized carbons (Fsp3) is 0.444. The van der Waals surface area contributed by atoms with Crippen molar-refractivity contribution in [3.63, 3.8) is 0 Å². The van der Waals surface area contributed by atoms with Crippen LogP contribution in [0.2, 0.25) is 19.6 Å². The second-order valence-corrected chi connectivity index (χ2v) is 8.95. The Labute approximate surface area is 68.8 Å². The quantitative estimate of drug-likeness (QED) is 0.454. The lowest BCUT2D eigenvalue weighted by Gasteiger charge is -2.17. The van der Waals surface area contributed by atoms with E-state index in [-0.39, 0.29) is 0 Å². The van der Waals surface area contributed by atoms with Crippen LogP contribution in [-0.4, -0.2) is 14.4 Å². The van der Waals surface area contributed by atoms with Gasteiger partial charge < -0.3 is 0 Å². The minimum Gasteiger partial charge on any atom is -0.298 e. The predicted octanol–water partition coefficient (Wildman–Crippen LogP) is 2.32. The van der Waals surface area contributed by atoms with E-state index < -0.39 is 8.07 Å². The molecule has 0 aromatic rings. The van der Waals surface area contributed by atoms with Gasteiger partial charge in [-0.2, -0.15) is 0 Å². The third-order valence-corrected chi connectivity index (χ3v) is 4.02. The average Bonchev–Trinajstić information content (AvgIpc) is 2.31. The molecule has 0 amide bonds. The van der Waals surface area contributed by atoms with Gasteiger partial charge in [-0.3, -0.25) is 4.79 Å². The maximum atomic E-state index is 10.6. The Kier molecular flexibility index (Phi) is 2.14. The van der Waals surface area contributed by atoms with Crippen molar-refractivity contribution in [2.75, 3.05) is 0 Å². The van der Waals surface area contributed by atoms with E-state index in [0.29, 0.717) is 0 Å². The van der Waals surface area contributed by atoms with Crippen LogP contribution < -0.4 is 0 Å². The van der Waals surface area contributed by atoms with Crippen molar-refractivity contribution in [3.05, 3.63) is 22.9 Å². The first-order valence-electron chi connectivity index (χ1n) is 3.91. The summed E-state index contributed by atoms with van der Waals surface area (Å²) < 4.78 is 0. The number of carbonyl (C=O) groups excluding carboxylic acids is 1. The molecule has 0 saturated carbocycles. The summed E-state index contributed by atoms with van der Waals surface area (Å²) in [6, 6.07) is 0. The number of carbonyl (C=O) groups is 1. The van der Waals surface area contributed by atoms with Crippen LogP contribution in [-0.2, 0) is 4.79 Å². The second kappa shape index (κ2) is 2.78. The van der Waals surface area contributed by atoms with Gasteiger partial charge in [0.15, 0.2) is 0 Å². The summed E-state index contributed by atoms with van der Waals surface area (Å²) >= 11 is 0. The van der Waals surface area contributed by atoms with Crippen LogP contribution in [0, 0.1) is 0 Å². The SMILES string of the molecule is C[Si](C)(C)C1=C(C=O)CC=C1. The standard InChI is InChI=1S/C9H14OSi/c1-11(2,3)9-6-4-5-8(9)7-10/h4,6-7H,5H2,1-3H3. The molecule has 0 spiro atoms. The Hall–Kier alpha value is -0.633. The topological polar surface area (TPSA) is 17.1 Å². The predicted molar refractivity (Wildman–Crippen MR) is 50.2 cm³/mol. The number of aldehydes is 1. The normalized spacial score (nSPS) is 17.7. The second-order valence-electron chi connectivity index (χ2n) is 3.91. The third kappa shape index (κ3) is 1.69. The molecule has 0 aromatic carbocycles. The van der Waals surface area contributed by atoms with E-state index in [9.17, 15) is 4.79 Å². The van der Waals surface area contributed by atoms with Gasteiger partial charge in [0.25, 0.3) is 0 Å². The van der Waals surface area contributed by atoms with Crippen LogP contribution >= 0.6 is 0 Å². The molecular formula is C9H14OSi. The summed E-state index contributed by atoms with van der Waals surface area (Å²) in [5.41, 5.74) is 1.00. The molecule has 0 bridgehead atoms. The largest absolute Gasteiger partial charge is 0.298 e. The summed E-state index contributed by atoms with van der Waals surface area (Å²) in [5, 5.41) is 1.33. The molecule has 60 valence electrons. The highest BCUT2D eigenvalue weighted by Gasteiger charge is 2.22. The van der Waals surface area contributed by atoms with Gasteiger partial charge >= 0.3 is 0 Å². The molecule has 1 aliphatic rings. The van der Waals surface area contributed by atoms with Crippen molar-refractivity contribution in [3.8, 4) is 0 Å². The summed E-state index contributed by atoms with van der Waals surface area (Å²) in [6.45, 7) is 6.80. The maximum absolute atomic E-state index is 10.6. The van der Waals surface area contributed by atoms with Crippen LogP contribution in [0.1, 0.15) is 6.42 Å². The molecule has 1 nitrogen and oxygen atoms in total. The number of hydrogen-bond acceptors (Lipinski definition) is 1. The van der Waals surface area contributed by atoms with Crippen LogP contribution in [0.4, 0.5) is 0 Å². The molecule has 0 unspecified atom stereocenters. The Balaban J connectivity index is 3.00. The highest BCUT2D eigenvalue weighted by Crippen LogP contribution is 2.25. The van der Waals surface area contributed by atoms with E-state index in [2.05, 4.69) is 31.8 Å². The number of hydrogen-bond donors (Lipinski definition) is 0. The molecular weight excluding hydrogens is 152 g/mol. The molecule has 2 heteroatoms. The van der Waals surface area contributed by atoms with E-state index in [1.165, 1.54) is 5.20 Å². The summed E-state index contributed by atoms with van der Waals surface area (Å²) in [7, 11) is -1.25. The minimum absolute atomic E-state index is 0.850. The van der Waals surface area contributed by atoms with Gasteiger partial charge in [-0.05, 0) is 12.0 Å². The summed E-state index contributed by atoms with van der Waals surface area (Å²) in [5.74, 6) is 0. The molecule has 0 heterocycles. The van der Waals surface area contributed by atoms with Gasteiger partial charge in [-0.15, -0.1) is 0 Å². The first kappa shape index (κ1) is 8.46. The lowest BCUT2D eigenvalue weighted by atomic mass is 10.3. The summed E-state index contributed by atoms with van der Waals surface area (Å²) in [6.07, 6.45) is 6.06. The first-order valence-corrected chi connectivity index (χ1v) is 7.41. The van der Waals surface area contributed by atoms with Gasteiger partial charge in [0, 0.05) is 0 Å². The Morgan fingerprint density at radius 2 is 2.09 bits per heavy atom. The van der Waals surface area contributed by atoms with Gasteiger partial charge in [0.2, 0.25) is 0 Å². The zero-order chi connectivity index (χ0) is 8.48. The van der Waals surface area contributed by atoms with E-state index in [1.807, 2.05) is 0 Å². The molecule has 0 aromatic heterocycles. The van der Waals surface area contributed by atoms with Crippen LogP contribution in [0.25, 0.3) is 0 Å². The van der Waals surface area contributed by atoms with Crippen molar-refractivity contribution in [1.82, 2.24) is 0 Å². The van der Waals surface area contributed by atoms with E-state index >= 15 is 0 Å². The highest BCUT2D eigenvalue weighted by molar-refractivity contribution is 6.84. The molecule has 0 N–H and O–H groups in total. The zero-order valence-electron chi connectivity index (χ0n) is 7.35. The van der Waals surface area contributed by atoms with Crippen molar-refractivity contribution >= 4 is 14.4 Å². The van der Waals surface area contributed by atoms with Crippen molar-refractivity contribution in [2.45, 2.75) is 26.1 Å². The average molecular weight is 166 g/mol. The lowest BCUT2D eigenvalue weighted by molar-refractivity contribution is -0.104. The van der Waals surface area contributed by atoms with Crippen molar-refractivity contribution < 1.29 is 4.79 Å². The fourth-order valence-corrected chi connectivity index (χ4v) is 3.11. The van der Waals surface area contributed by atoms with Gasteiger partial charge in [-0.1, -0.05) is 37.0 Å². The molecule has 11 heavy (non-hydrogen) atoms. The zero-order valence-corrected chi connectivity index (χ0v) is 8.35. The minimum atomic E-state index is -1.25. The lowest BCUT2D eigenvalue weighted by Crippen LogP contribution is -2.23.